The molecule has 2 N–H and O–H groups in total. The van der Waals surface area contributed by atoms with Gasteiger partial charge in [-0.05, 0) is 75.2 Å². The van der Waals surface area contributed by atoms with Gasteiger partial charge in [-0.3, -0.25) is 4.79 Å². The Balaban J connectivity index is 0.00000225. The summed E-state index contributed by atoms with van der Waals surface area (Å²) in [6.45, 7) is 5.06. The molecule has 0 aliphatic carbocycles. The molecule has 3 rings (SSSR count). The Morgan fingerprint density at radius 2 is 1.92 bits per heavy atom. The predicted octanol–water partition coefficient (Wildman–Crippen LogP) is 4.54. The van der Waals surface area contributed by atoms with Crippen molar-refractivity contribution in [1.29, 1.82) is 0 Å². The molecule has 0 unspecified atom stereocenters. The van der Waals surface area contributed by atoms with Gasteiger partial charge < -0.3 is 15.4 Å². The minimum absolute atomic E-state index is 0. The molecule has 2 aromatic carbocycles. The number of aryl methyl sites for hydroxylation is 1. The van der Waals surface area contributed by atoms with Gasteiger partial charge in [0, 0.05) is 17.6 Å². The van der Waals surface area contributed by atoms with Crippen molar-refractivity contribution in [3.05, 3.63) is 54.1 Å². The van der Waals surface area contributed by atoms with Gasteiger partial charge >= 0.3 is 0 Å². The lowest BCUT2D eigenvalue weighted by Crippen LogP contribution is -2.40. The number of piperidine rings is 1. The number of carbonyl (C=O) groups excluding carboxylic acids is 1. The predicted molar refractivity (Wildman–Crippen MR) is 104 cm³/mol. The van der Waals surface area contributed by atoms with Crippen molar-refractivity contribution in [2.45, 2.75) is 32.7 Å². The van der Waals surface area contributed by atoms with Crippen molar-refractivity contribution in [2.75, 3.05) is 11.9 Å². The fourth-order valence-electron chi connectivity index (χ4n) is 3.04. The van der Waals surface area contributed by atoms with E-state index < -0.39 is 0 Å². The molecule has 1 saturated heterocycles. The van der Waals surface area contributed by atoms with Crippen LogP contribution in [-0.2, 0) is 4.79 Å². The van der Waals surface area contributed by atoms with E-state index in [-0.39, 0.29) is 24.2 Å². The summed E-state index contributed by atoms with van der Waals surface area (Å²) in [6.07, 6.45) is 1.78. The summed E-state index contributed by atoms with van der Waals surface area (Å²) in [5.41, 5.74) is 1.97. The third-order valence-electron chi connectivity index (χ3n) is 4.34. The second-order valence-corrected chi connectivity index (χ2v) is 6.51. The zero-order chi connectivity index (χ0) is 16.9. The lowest BCUT2D eigenvalue weighted by molar-refractivity contribution is -0.120. The van der Waals surface area contributed by atoms with Crippen molar-refractivity contribution >= 4 is 24.0 Å². The molecular weight excluding hydrogens is 336 g/mol. The summed E-state index contributed by atoms with van der Waals surface area (Å²) in [6, 6.07) is 15.9. The monoisotopic (exact) mass is 360 g/mol. The number of hydrogen-bond donors (Lipinski definition) is 2. The number of rotatable bonds is 4. The van der Waals surface area contributed by atoms with E-state index in [1.165, 1.54) is 0 Å². The van der Waals surface area contributed by atoms with Crippen molar-refractivity contribution < 1.29 is 9.53 Å². The smallest absolute Gasteiger partial charge is 0.227 e. The minimum Gasteiger partial charge on any atom is -0.457 e. The Labute approximate surface area is 155 Å². The van der Waals surface area contributed by atoms with Crippen molar-refractivity contribution in [3.8, 4) is 11.5 Å². The normalized spacial score (nSPS) is 19.6. The molecule has 134 valence electrons. The van der Waals surface area contributed by atoms with Gasteiger partial charge in [-0.15, -0.1) is 12.4 Å². The molecule has 1 amide bonds. The molecule has 1 aliphatic heterocycles. The van der Waals surface area contributed by atoms with Gasteiger partial charge in [0.05, 0.1) is 0 Å². The molecule has 4 nitrogen and oxygen atoms in total. The quantitative estimate of drug-likeness (QED) is 0.841. The summed E-state index contributed by atoms with van der Waals surface area (Å²) < 4.78 is 5.83. The topological polar surface area (TPSA) is 50.4 Å². The van der Waals surface area contributed by atoms with Crippen LogP contribution in [0.4, 0.5) is 5.69 Å². The average Bonchev–Trinajstić information content (AvgIpc) is 2.57. The molecule has 0 aromatic heterocycles. The number of ether oxygens (including phenoxy) is 1. The molecule has 25 heavy (non-hydrogen) atoms. The Hall–Kier alpha value is -2.04. The van der Waals surface area contributed by atoms with Crippen LogP contribution in [0, 0.1) is 12.8 Å². The highest BCUT2D eigenvalue weighted by atomic mass is 35.5. The van der Waals surface area contributed by atoms with Crippen LogP contribution in [0.2, 0.25) is 0 Å². The minimum atomic E-state index is 0. The van der Waals surface area contributed by atoms with Crippen LogP contribution < -0.4 is 15.4 Å². The Bertz CT molecular complexity index is 703. The van der Waals surface area contributed by atoms with Crippen LogP contribution in [0.15, 0.2) is 48.5 Å². The van der Waals surface area contributed by atoms with Gasteiger partial charge in [0.25, 0.3) is 0 Å². The zero-order valence-electron chi connectivity index (χ0n) is 14.6. The van der Waals surface area contributed by atoms with Crippen LogP contribution in [0.5, 0.6) is 11.5 Å². The van der Waals surface area contributed by atoms with E-state index in [2.05, 4.69) is 17.6 Å². The molecule has 0 radical (unpaired) electrons. The highest BCUT2D eigenvalue weighted by Gasteiger charge is 2.24. The standard InChI is InChI=1S/C20H24N2O2.ClH/c1-14-4-3-5-19(12-14)24-18-8-6-17(7-9-18)22-20(23)16-10-11-21-15(2)13-16;/h3-9,12,15-16,21H,10-11,13H2,1-2H3,(H,22,23);1H/t15-,16-;/m0./s1. The number of carbonyl (C=O) groups is 1. The molecule has 0 saturated carbocycles. The third-order valence-corrected chi connectivity index (χ3v) is 4.34. The van der Waals surface area contributed by atoms with Crippen molar-refractivity contribution in [3.63, 3.8) is 0 Å². The van der Waals surface area contributed by atoms with Crippen molar-refractivity contribution in [1.82, 2.24) is 5.32 Å². The molecule has 0 spiro atoms. The van der Waals surface area contributed by atoms with Crippen LogP contribution in [0.1, 0.15) is 25.3 Å². The van der Waals surface area contributed by atoms with Gasteiger partial charge in [0.2, 0.25) is 5.91 Å². The highest BCUT2D eigenvalue weighted by molar-refractivity contribution is 5.92. The molecule has 1 aliphatic rings. The summed E-state index contributed by atoms with van der Waals surface area (Å²) >= 11 is 0. The fraction of sp³-hybridized carbons (Fsp3) is 0.350. The van der Waals surface area contributed by atoms with Gasteiger partial charge in [-0.2, -0.15) is 0 Å². The molecular formula is C20H25ClN2O2. The van der Waals surface area contributed by atoms with Crippen LogP contribution >= 0.6 is 12.4 Å². The number of amides is 1. The lowest BCUT2D eigenvalue weighted by Gasteiger charge is -2.27. The van der Waals surface area contributed by atoms with Gasteiger partial charge in [-0.25, -0.2) is 0 Å². The first-order valence-corrected chi connectivity index (χ1v) is 8.49. The van der Waals surface area contributed by atoms with Gasteiger partial charge in [0.1, 0.15) is 11.5 Å². The SMILES string of the molecule is Cc1cccc(Oc2ccc(NC(=O)[C@H]3CCN[C@@H](C)C3)cc2)c1.Cl. The molecule has 1 heterocycles. The molecule has 2 atom stereocenters. The maximum absolute atomic E-state index is 12.4. The van der Waals surface area contributed by atoms with Gasteiger partial charge in [0.15, 0.2) is 0 Å². The first kappa shape index (κ1) is 19.3. The van der Waals surface area contributed by atoms with E-state index in [0.29, 0.717) is 6.04 Å². The first-order valence-electron chi connectivity index (χ1n) is 8.49. The van der Waals surface area contributed by atoms with E-state index in [1.54, 1.807) is 0 Å². The first-order chi connectivity index (χ1) is 11.6. The number of halogens is 1. The number of benzene rings is 2. The number of anilines is 1. The Kier molecular flexibility index (Phi) is 6.85. The zero-order valence-corrected chi connectivity index (χ0v) is 15.4. The Morgan fingerprint density at radius 3 is 2.60 bits per heavy atom. The maximum Gasteiger partial charge on any atom is 0.227 e. The van der Waals surface area contributed by atoms with Gasteiger partial charge in [-0.1, -0.05) is 12.1 Å². The van der Waals surface area contributed by atoms with E-state index >= 15 is 0 Å². The summed E-state index contributed by atoms with van der Waals surface area (Å²) in [4.78, 5) is 12.4. The maximum atomic E-state index is 12.4. The Morgan fingerprint density at radius 1 is 1.16 bits per heavy atom. The average molecular weight is 361 g/mol. The fourth-order valence-corrected chi connectivity index (χ4v) is 3.04. The second-order valence-electron chi connectivity index (χ2n) is 6.51. The van der Waals surface area contributed by atoms with E-state index in [9.17, 15) is 4.79 Å². The summed E-state index contributed by atoms with van der Waals surface area (Å²) in [7, 11) is 0. The third kappa shape index (κ3) is 5.48. The van der Waals surface area contributed by atoms with Crippen LogP contribution in [-0.4, -0.2) is 18.5 Å². The molecule has 5 heteroatoms. The lowest BCUT2D eigenvalue weighted by atomic mass is 9.92. The second kappa shape index (κ2) is 8.88. The summed E-state index contributed by atoms with van der Waals surface area (Å²) in [5, 5.41) is 6.38. The number of hydrogen-bond acceptors (Lipinski definition) is 3. The van der Waals surface area contributed by atoms with Crippen molar-refractivity contribution in [2.24, 2.45) is 5.92 Å². The molecule has 0 bridgehead atoms. The molecule has 1 fully saturated rings. The van der Waals surface area contributed by atoms with Crippen LogP contribution in [0.25, 0.3) is 0 Å². The summed E-state index contributed by atoms with van der Waals surface area (Å²) in [5.74, 6) is 1.77. The van der Waals surface area contributed by atoms with E-state index in [1.807, 2.05) is 55.5 Å². The van der Waals surface area contributed by atoms with E-state index in [0.717, 1.165) is 42.1 Å². The van der Waals surface area contributed by atoms with Crippen LogP contribution in [0.3, 0.4) is 0 Å². The largest absolute Gasteiger partial charge is 0.457 e. The van der Waals surface area contributed by atoms with E-state index in [4.69, 9.17) is 4.74 Å². The highest BCUT2D eigenvalue weighted by Crippen LogP contribution is 2.24. The number of nitrogens with one attached hydrogen (secondary N) is 2. The molecule has 2 aromatic rings.